The Bertz CT molecular complexity index is 945. The fourth-order valence-electron chi connectivity index (χ4n) is 3.53. The molecule has 2 N–H and O–H groups in total. The molecule has 1 fully saturated rings. The van der Waals surface area contributed by atoms with Crippen molar-refractivity contribution >= 4 is 28.9 Å². The fourth-order valence-corrected chi connectivity index (χ4v) is 3.66. The van der Waals surface area contributed by atoms with Crippen molar-refractivity contribution in [3.63, 3.8) is 0 Å². The topological polar surface area (TPSA) is 92.7 Å². The first-order chi connectivity index (χ1) is 14.1. The molecule has 1 amide bonds. The smallest absolute Gasteiger partial charge is 0.368 e. The second-order valence-corrected chi connectivity index (χ2v) is 7.27. The molecule has 0 unspecified atom stereocenters. The summed E-state index contributed by atoms with van der Waals surface area (Å²) in [5, 5.41) is 11.9. The van der Waals surface area contributed by atoms with E-state index in [1.165, 1.54) is 0 Å². The maximum atomic E-state index is 12.9. The van der Waals surface area contributed by atoms with Gasteiger partial charge in [0, 0.05) is 37.3 Å². The highest BCUT2D eigenvalue weighted by Crippen LogP contribution is 2.37. The van der Waals surface area contributed by atoms with Crippen LogP contribution in [-0.4, -0.2) is 41.9 Å². The molecule has 160 valence electrons. The van der Waals surface area contributed by atoms with E-state index >= 15 is 0 Å². The van der Waals surface area contributed by atoms with Crippen molar-refractivity contribution in [2.24, 2.45) is 5.73 Å². The monoisotopic (exact) mass is 442 g/mol. The molecule has 11 heteroatoms. The number of halogens is 4. The molecule has 1 aliphatic heterocycles. The van der Waals surface area contributed by atoms with Crippen LogP contribution in [0.1, 0.15) is 17.2 Å². The van der Waals surface area contributed by atoms with Gasteiger partial charge in [-0.25, -0.2) is 0 Å². The Kier molecular flexibility index (Phi) is 6.18. The largest absolute Gasteiger partial charge is 0.416 e. The van der Waals surface area contributed by atoms with Crippen LogP contribution in [0.5, 0.6) is 0 Å². The van der Waals surface area contributed by atoms with Crippen LogP contribution in [0.25, 0.3) is 0 Å². The van der Waals surface area contributed by atoms with Gasteiger partial charge in [-0.15, -0.1) is 0 Å². The molecule has 1 saturated heterocycles. The number of nitrogens with zero attached hydrogens (tertiary/aromatic N) is 3. The van der Waals surface area contributed by atoms with Gasteiger partial charge >= 0.3 is 6.18 Å². The van der Waals surface area contributed by atoms with Crippen molar-refractivity contribution in [2.75, 3.05) is 31.1 Å². The molecule has 0 spiro atoms. The minimum Gasteiger partial charge on any atom is -0.368 e. The van der Waals surface area contributed by atoms with E-state index in [1.807, 2.05) is 4.90 Å². The van der Waals surface area contributed by atoms with Crippen molar-refractivity contribution in [3.05, 3.63) is 68.7 Å². The molecule has 0 aliphatic carbocycles. The molecule has 3 rings (SSSR count). The number of primary amides is 1. The first kappa shape index (κ1) is 21.8. The number of carbonyl (C=O) groups excluding carboxylic acids is 1. The minimum absolute atomic E-state index is 0.106. The molecular weight excluding hydrogens is 425 g/mol. The van der Waals surface area contributed by atoms with Gasteiger partial charge in [0.1, 0.15) is 11.7 Å². The third-order valence-corrected chi connectivity index (χ3v) is 5.23. The Morgan fingerprint density at radius 1 is 1.10 bits per heavy atom. The van der Waals surface area contributed by atoms with Crippen LogP contribution in [0.3, 0.4) is 0 Å². The van der Waals surface area contributed by atoms with Crippen LogP contribution in [-0.2, 0) is 11.0 Å². The van der Waals surface area contributed by atoms with Crippen LogP contribution < -0.4 is 10.6 Å². The standard InChI is InChI=1S/C19H18ClF3N4O3/c20-14-4-1-12(2-5-14)17(18(24)28)26-9-7-25(8-10-26)15-6-3-13(19(21,22)23)11-16(15)27(29)30/h1-6,11,17H,7-10H2,(H2,24,28)/t17-/m1/s1. The van der Waals surface area contributed by atoms with E-state index in [2.05, 4.69) is 0 Å². The van der Waals surface area contributed by atoms with Gasteiger partial charge in [0.05, 0.1) is 10.5 Å². The summed E-state index contributed by atoms with van der Waals surface area (Å²) in [6, 6.07) is 8.48. The fraction of sp³-hybridized carbons (Fsp3) is 0.316. The number of benzene rings is 2. The van der Waals surface area contributed by atoms with E-state index in [4.69, 9.17) is 17.3 Å². The lowest BCUT2D eigenvalue weighted by atomic mass is 10.0. The second-order valence-electron chi connectivity index (χ2n) is 6.84. The predicted octanol–water partition coefficient (Wildman–Crippen LogP) is 3.62. The Hall–Kier alpha value is -2.85. The molecule has 7 nitrogen and oxygen atoms in total. The molecule has 0 radical (unpaired) electrons. The molecule has 30 heavy (non-hydrogen) atoms. The number of nitro groups is 1. The molecule has 0 aromatic heterocycles. The summed E-state index contributed by atoms with van der Waals surface area (Å²) in [5.74, 6) is -0.550. The quantitative estimate of drug-likeness (QED) is 0.564. The number of rotatable bonds is 5. The molecule has 1 atom stereocenters. The van der Waals surface area contributed by atoms with Crippen molar-refractivity contribution in [3.8, 4) is 0 Å². The molecule has 2 aromatic rings. The lowest BCUT2D eigenvalue weighted by Gasteiger charge is -2.39. The number of piperazine rings is 1. The van der Waals surface area contributed by atoms with E-state index in [9.17, 15) is 28.1 Å². The summed E-state index contributed by atoms with van der Waals surface area (Å²) in [6.07, 6.45) is -4.67. The molecule has 1 aliphatic rings. The third kappa shape index (κ3) is 4.65. The number of amides is 1. The summed E-state index contributed by atoms with van der Waals surface area (Å²) in [7, 11) is 0. The number of alkyl halides is 3. The second kappa shape index (κ2) is 8.49. The van der Waals surface area contributed by atoms with Gasteiger partial charge in [0.25, 0.3) is 5.69 Å². The van der Waals surface area contributed by atoms with E-state index in [-0.39, 0.29) is 18.8 Å². The van der Waals surface area contributed by atoms with Crippen molar-refractivity contribution in [1.29, 1.82) is 0 Å². The lowest BCUT2D eigenvalue weighted by molar-refractivity contribution is -0.384. The van der Waals surface area contributed by atoms with Gasteiger partial charge in [-0.1, -0.05) is 23.7 Å². The number of carbonyl (C=O) groups is 1. The number of hydrogen-bond acceptors (Lipinski definition) is 5. The normalized spacial score (nSPS) is 16.3. The Morgan fingerprint density at radius 2 is 1.70 bits per heavy atom. The Balaban J connectivity index is 1.80. The molecule has 0 saturated carbocycles. The zero-order chi connectivity index (χ0) is 22.1. The van der Waals surface area contributed by atoms with Crippen molar-refractivity contribution < 1.29 is 22.9 Å². The van der Waals surface area contributed by atoms with Crippen LogP contribution in [0, 0.1) is 10.1 Å². The highest BCUT2D eigenvalue weighted by Gasteiger charge is 2.35. The van der Waals surface area contributed by atoms with Crippen LogP contribution >= 0.6 is 11.6 Å². The van der Waals surface area contributed by atoms with Gasteiger partial charge in [0.15, 0.2) is 0 Å². The average Bonchev–Trinajstić information content (AvgIpc) is 2.69. The maximum absolute atomic E-state index is 12.9. The summed E-state index contributed by atoms with van der Waals surface area (Å²) < 4.78 is 38.7. The SMILES string of the molecule is NC(=O)[C@@H](c1ccc(Cl)cc1)N1CCN(c2ccc(C(F)(F)F)cc2[N+](=O)[O-])CC1. The van der Waals surface area contributed by atoms with E-state index < -0.39 is 34.3 Å². The number of anilines is 1. The number of hydrogen-bond donors (Lipinski definition) is 1. The van der Waals surface area contributed by atoms with Gasteiger partial charge in [-0.2, -0.15) is 13.2 Å². The first-order valence-corrected chi connectivity index (χ1v) is 9.35. The zero-order valence-electron chi connectivity index (χ0n) is 15.6. The van der Waals surface area contributed by atoms with E-state index in [0.29, 0.717) is 29.7 Å². The van der Waals surface area contributed by atoms with Crippen LogP contribution in [0.2, 0.25) is 5.02 Å². The number of nitrogens with two attached hydrogens (primary N) is 1. The summed E-state index contributed by atoms with van der Waals surface area (Å²) >= 11 is 5.89. The lowest BCUT2D eigenvalue weighted by Crippen LogP contribution is -2.50. The zero-order valence-corrected chi connectivity index (χ0v) is 16.4. The third-order valence-electron chi connectivity index (χ3n) is 4.97. The molecule has 0 bridgehead atoms. The highest BCUT2D eigenvalue weighted by atomic mass is 35.5. The maximum Gasteiger partial charge on any atom is 0.416 e. The first-order valence-electron chi connectivity index (χ1n) is 8.97. The van der Waals surface area contributed by atoms with Gasteiger partial charge in [-0.3, -0.25) is 19.8 Å². The Morgan fingerprint density at radius 3 is 2.20 bits per heavy atom. The van der Waals surface area contributed by atoms with E-state index in [1.54, 1.807) is 29.2 Å². The van der Waals surface area contributed by atoms with Crippen LogP contribution in [0.15, 0.2) is 42.5 Å². The molecule has 1 heterocycles. The Labute approximate surface area is 175 Å². The van der Waals surface area contributed by atoms with Gasteiger partial charge in [-0.05, 0) is 29.8 Å². The minimum atomic E-state index is -4.67. The predicted molar refractivity (Wildman–Crippen MR) is 105 cm³/mol. The van der Waals surface area contributed by atoms with Crippen molar-refractivity contribution in [1.82, 2.24) is 4.90 Å². The summed E-state index contributed by atoms with van der Waals surface area (Å²) in [5.41, 5.74) is 4.67. The van der Waals surface area contributed by atoms with Crippen LogP contribution in [0.4, 0.5) is 24.5 Å². The average molecular weight is 443 g/mol. The van der Waals surface area contributed by atoms with Gasteiger partial charge in [0.2, 0.25) is 5.91 Å². The summed E-state index contributed by atoms with van der Waals surface area (Å²) in [4.78, 5) is 26.0. The molecule has 2 aromatic carbocycles. The summed E-state index contributed by atoms with van der Waals surface area (Å²) in [6.45, 7) is 1.25. The highest BCUT2D eigenvalue weighted by molar-refractivity contribution is 6.30. The van der Waals surface area contributed by atoms with Crippen molar-refractivity contribution in [2.45, 2.75) is 12.2 Å². The van der Waals surface area contributed by atoms with E-state index in [0.717, 1.165) is 12.1 Å². The number of nitro benzene ring substituents is 1. The van der Waals surface area contributed by atoms with Gasteiger partial charge < -0.3 is 10.6 Å². The molecular formula is C19H18ClF3N4O3.